The molecule has 0 amide bonds. The molecule has 0 aliphatic rings. The SMILES string of the molecule is CC([C]=O)Nc1ccc2ccccc2c1. The fourth-order valence-electron chi connectivity index (χ4n) is 1.56. The first-order valence-electron chi connectivity index (χ1n) is 4.92. The first-order chi connectivity index (χ1) is 7.29. The molecule has 2 nitrogen and oxygen atoms in total. The van der Waals surface area contributed by atoms with E-state index in [1.54, 1.807) is 6.92 Å². The van der Waals surface area contributed by atoms with Gasteiger partial charge in [0.15, 0.2) is 0 Å². The highest BCUT2D eigenvalue weighted by Gasteiger charge is 2.00. The van der Waals surface area contributed by atoms with E-state index in [0.717, 1.165) is 5.69 Å². The average molecular weight is 198 g/mol. The van der Waals surface area contributed by atoms with E-state index in [1.165, 1.54) is 10.8 Å². The number of fused-ring (bicyclic) bond motifs is 1. The molecule has 0 saturated heterocycles. The molecule has 0 aliphatic carbocycles. The summed E-state index contributed by atoms with van der Waals surface area (Å²) in [7, 11) is 0. The van der Waals surface area contributed by atoms with Crippen LogP contribution in [0, 0.1) is 0 Å². The molecule has 2 aromatic carbocycles. The Hall–Kier alpha value is -1.83. The molecule has 1 N–H and O–H groups in total. The quantitative estimate of drug-likeness (QED) is 0.821. The first kappa shape index (κ1) is 9.71. The fraction of sp³-hybridized carbons (Fsp3) is 0.154. The first-order valence-corrected chi connectivity index (χ1v) is 4.92. The van der Waals surface area contributed by atoms with Gasteiger partial charge in [0.25, 0.3) is 0 Å². The van der Waals surface area contributed by atoms with E-state index in [1.807, 2.05) is 36.6 Å². The number of nitrogens with one attached hydrogen (secondary N) is 1. The Bertz CT molecular complexity index is 479. The molecule has 1 atom stereocenters. The van der Waals surface area contributed by atoms with Crippen molar-refractivity contribution in [3.8, 4) is 0 Å². The number of benzene rings is 2. The largest absolute Gasteiger partial charge is 0.375 e. The molecule has 2 rings (SSSR count). The molecule has 0 bridgehead atoms. The average Bonchev–Trinajstić information content (AvgIpc) is 2.29. The van der Waals surface area contributed by atoms with Gasteiger partial charge in [-0.2, -0.15) is 0 Å². The summed E-state index contributed by atoms with van der Waals surface area (Å²) in [5.41, 5.74) is 0.949. The van der Waals surface area contributed by atoms with Crippen LogP contribution < -0.4 is 5.32 Å². The van der Waals surface area contributed by atoms with E-state index >= 15 is 0 Å². The maximum absolute atomic E-state index is 10.4. The Morgan fingerprint density at radius 1 is 1.13 bits per heavy atom. The van der Waals surface area contributed by atoms with Crippen molar-refractivity contribution in [2.24, 2.45) is 0 Å². The predicted molar refractivity (Wildman–Crippen MR) is 62.7 cm³/mol. The van der Waals surface area contributed by atoms with E-state index in [9.17, 15) is 4.79 Å². The summed E-state index contributed by atoms with van der Waals surface area (Å²) in [4.78, 5) is 10.4. The minimum absolute atomic E-state index is 0.272. The molecule has 2 heteroatoms. The number of rotatable bonds is 3. The summed E-state index contributed by atoms with van der Waals surface area (Å²) in [6.45, 7) is 1.78. The van der Waals surface area contributed by atoms with E-state index in [2.05, 4.69) is 17.4 Å². The van der Waals surface area contributed by atoms with Gasteiger partial charge in [-0.3, -0.25) is 4.79 Å². The Kier molecular flexibility index (Phi) is 2.68. The van der Waals surface area contributed by atoms with Crippen LogP contribution in [0.1, 0.15) is 6.92 Å². The Balaban J connectivity index is 2.34. The summed E-state index contributed by atoms with van der Waals surface area (Å²) in [5.74, 6) is 0. The van der Waals surface area contributed by atoms with Gasteiger partial charge in [0.05, 0.1) is 6.04 Å². The topological polar surface area (TPSA) is 29.1 Å². The molecule has 0 saturated carbocycles. The second-order valence-electron chi connectivity index (χ2n) is 3.55. The molecule has 0 aliphatic heterocycles. The summed E-state index contributed by atoms with van der Waals surface area (Å²) < 4.78 is 0. The van der Waals surface area contributed by atoms with Gasteiger partial charge in [-0.05, 0) is 29.8 Å². The zero-order chi connectivity index (χ0) is 10.7. The zero-order valence-corrected chi connectivity index (χ0v) is 8.53. The second kappa shape index (κ2) is 4.13. The Labute approximate surface area is 88.9 Å². The maximum atomic E-state index is 10.4. The smallest absolute Gasteiger partial charge is 0.222 e. The van der Waals surface area contributed by atoms with Crippen molar-refractivity contribution < 1.29 is 4.79 Å². The normalized spacial score (nSPS) is 12.3. The molecular formula is C13H12NO. The van der Waals surface area contributed by atoms with E-state index in [-0.39, 0.29) is 6.04 Å². The third-order valence-electron chi connectivity index (χ3n) is 2.31. The van der Waals surface area contributed by atoms with Gasteiger partial charge in [-0.15, -0.1) is 0 Å². The second-order valence-corrected chi connectivity index (χ2v) is 3.55. The van der Waals surface area contributed by atoms with Crippen molar-refractivity contribution in [1.29, 1.82) is 0 Å². The van der Waals surface area contributed by atoms with Crippen LogP contribution in [0.3, 0.4) is 0 Å². The third-order valence-corrected chi connectivity index (χ3v) is 2.31. The minimum Gasteiger partial charge on any atom is -0.375 e. The van der Waals surface area contributed by atoms with Crippen molar-refractivity contribution in [3.05, 3.63) is 42.5 Å². The molecule has 0 fully saturated rings. The molecule has 2 aromatic rings. The maximum Gasteiger partial charge on any atom is 0.222 e. The highest BCUT2D eigenvalue weighted by molar-refractivity contribution is 5.86. The highest BCUT2D eigenvalue weighted by Crippen LogP contribution is 2.18. The number of hydrogen-bond donors (Lipinski definition) is 1. The van der Waals surface area contributed by atoms with Gasteiger partial charge in [0.1, 0.15) is 0 Å². The van der Waals surface area contributed by atoms with Gasteiger partial charge in [-0.1, -0.05) is 30.3 Å². The summed E-state index contributed by atoms with van der Waals surface area (Å²) in [6.07, 6.45) is 1.90. The summed E-state index contributed by atoms with van der Waals surface area (Å²) >= 11 is 0. The molecule has 1 radical (unpaired) electrons. The van der Waals surface area contributed by atoms with Crippen LogP contribution in [0.5, 0.6) is 0 Å². The molecule has 0 aromatic heterocycles. The van der Waals surface area contributed by atoms with Crippen LogP contribution in [-0.4, -0.2) is 12.3 Å². The van der Waals surface area contributed by atoms with Crippen LogP contribution in [0.4, 0.5) is 5.69 Å². The predicted octanol–water partition coefficient (Wildman–Crippen LogP) is 2.75. The molecule has 15 heavy (non-hydrogen) atoms. The van der Waals surface area contributed by atoms with E-state index < -0.39 is 0 Å². The van der Waals surface area contributed by atoms with Crippen molar-refractivity contribution in [1.82, 2.24) is 0 Å². The van der Waals surface area contributed by atoms with Crippen LogP contribution in [0.2, 0.25) is 0 Å². The summed E-state index contributed by atoms with van der Waals surface area (Å²) in [6, 6.07) is 13.9. The van der Waals surface area contributed by atoms with Crippen LogP contribution in [-0.2, 0) is 4.79 Å². The molecule has 1 unspecified atom stereocenters. The standard InChI is InChI=1S/C13H12NO/c1-10(9-15)14-13-7-6-11-4-2-3-5-12(11)8-13/h2-8,10,14H,1H3. The zero-order valence-electron chi connectivity index (χ0n) is 8.53. The lowest BCUT2D eigenvalue weighted by atomic mass is 10.1. The van der Waals surface area contributed by atoms with Crippen molar-refractivity contribution >= 4 is 22.7 Å². The van der Waals surface area contributed by atoms with Gasteiger partial charge >= 0.3 is 0 Å². The lowest BCUT2D eigenvalue weighted by Gasteiger charge is -2.08. The highest BCUT2D eigenvalue weighted by atomic mass is 16.1. The van der Waals surface area contributed by atoms with Gasteiger partial charge in [-0.25, -0.2) is 0 Å². The van der Waals surface area contributed by atoms with Crippen molar-refractivity contribution in [2.75, 3.05) is 5.32 Å². The van der Waals surface area contributed by atoms with Gasteiger partial charge in [0, 0.05) is 5.69 Å². The Morgan fingerprint density at radius 3 is 2.60 bits per heavy atom. The van der Waals surface area contributed by atoms with Gasteiger partial charge < -0.3 is 5.32 Å². The molecule has 0 spiro atoms. The van der Waals surface area contributed by atoms with Crippen molar-refractivity contribution in [2.45, 2.75) is 13.0 Å². The summed E-state index contributed by atoms with van der Waals surface area (Å²) in [5, 5.41) is 5.43. The van der Waals surface area contributed by atoms with Crippen LogP contribution in [0.15, 0.2) is 42.5 Å². The Morgan fingerprint density at radius 2 is 1.87 bits per heavy atom. The third kappa shape index (κ3) is 2.15. The molecule has 0 heterocycles. The monoisotopic (exact) mass is 198 g/mol. The van der Waals surface area contributed by atoms with E-state index in [4.69, 9.17) is 0 Å². The molecule has 75 valence electrons. The van der Waals surface area contributed by atoms with Crippen LogP contribution >= 0.6 is 0 Å². The molecular weight excluding hydrogens is 186 g/mol. The number of carbonyl (C=O) groups excluding carboxylic acids is 1. The lowest BCUT2D eigenvalue weighted by molar-refractivity contribution is 0.549. The lowest BCUT2D eigenvalue weighted by Crippen LogP contribution is -2.15. The van der Waals surface area contributed by atoms with Crippen molar-refractivity contribution in [3.63, 3.8) is 0 Å². The van der Waals surface area contributed by atoms with Gasteiger partial charge in [0.2, 0.25) is 6.29 Å². The van der Waals surface area contributed by atoms with Crippen LogP contribution in [0.25, 0.3) is 10.8 Å². The fourth-order valence-corrected chi connectivity index (χ4v) is 1.56. The minimum atomic E-state index is -0.272. The van der Waals surface area contributed by atoms with E-state index in [0.29, 0.717) is 0 Å². The number of hydrogen-bond acceptors (Lipinski definition) is 2. The number of anilines is 1.